The van der Waals surface area contributed by atoms with Crippen LogP contribution in [0, 0.1) is 0 Å². The number of ether oxygens (including phenoxy) is 1. The Morgan fingerprint density at radius 2 is 2.12 bits per heavy atom. The van der Waals surface area contributed by atoms with Crippen LogP contribution in [-0.2, 0) is 16.0 Å². The fraction of sp³-hybridized carbons (Fsp3) is 0.278. The molecular weight excluding hydrogens is 480 g/mol. The van der Waals surface area contributed by atoms with Crippen molar-refractivity contribution in [2.75, 3.05) is 18.1 Å². The number of thiazole rings is 1. The molecule has 2 heterocycles. The predicted molar refractivity (Wildman–Crippen MR) is 109 cm³/mol. The first-order valence-electron chi connectivity index (χ1n) is 8.83. The van der Waals surface area contributed by atoms with Gasteiger partial charge in [-0.3, -0.25) is 9.59 Å². The number of carbonyl (C=O) groups is 2. The van der Waals surface area contributed by atoms with Crippen molar-refractivity contribution in [2.45, 2.75) is 25.4 Å². The van der Waals surface area contributed by atoms with E-state index in [0.29, 0.717) is 5.57 Å². The monoisotopic (exact) mass is 494 g/mol. The lowest BCUT2D eigenvalue weighted by atomic mass is 10.00. The zero-order valence-corrected chi connectivity index (χ0v) is 17.8. The molecule has 1 aliphatic rings. The highest BCUT2D eigenvalue weighted by Gasteiger charge is 2.36. The number of rotatable bonds is 6. The number of nitrogens with zero attached hydrogens (tertiary/aromatic N) is 1. The molecule has 0 fully saturated rings. The van der Waals surface area contributed by atoms with E-state index in [0.717, 1.165) is 17.4 Å². The summed E-state index contributed by atoms with van der Waals surface area (Å²) in [4.78, 5) is 28.5. The average Bonchev–Trinajstić information content (AvgIpc) is 3.26. The highest BCUT2D eigenvalue weighted by Crippen LogP contribution is 2.34. The van der Waals surface area contributed by atoms with Gasteiger partial charge in [0.05, 0.1) is 12.1 Å². The summed E-state index contributed by atoms with van der Waals surface area (Å²) < 4.78 is 59.6. The first-order valence-corrected chi connectivity index (χ1v) is 10.1. The van der Waals surface area contributed by atoms with Crippen LogP contribution in [0.5, 0.6) is 0 Å². The number of nitrogens with one attached hydrogen (secondary N) is 2. The average molecular weight is 495 g/mol. The lowest BCUT2D eigenvalue weighted by Gasteiger charge is -2.19. The maximum Gasteiger partial charge on any atom is 0.572 e. The lowest BCUT2D eigenvalue weighted by Crippen LogP contribution is -2.22. The van der Waals surface area contributed by atoms with Crippen LogP contribution in [-0.4, -0.2) is 36.4 Å². The third-order valence-corrected chi connectivity index (χ3v) is 5.31. The number of halogens is 5. The van der Waals surface area contributed by atoms with Gasteiger partial charge in [-0.05, 0) is 23.3 Å². The topological polar surface area (TPSA) is 119 Å². The summed E-state index contributed by atoms with van der Waals surface area (Å²) in [7, 11) is 1.37. The van der Waals surface area contributed by atoms with Crippen molar-refractivity contribution < 1.29 is 36.3 Å². The molecule has 14 heteroatoms. The van der Waals surface area contributed by atoms with E-state index in [1.54, 1.807) is 0 Å². The van der Waals surface area contributed by atoms with E-state index in [-0.39, 0.29) is 45.9 Å². The highest BCUT2D eigenvalue weighted by atomic mass is 35.5. The fourth-order valence-electron chi connectivity index (χ4n) is 2.86. The van der Waals surface area contributed by atoms with Crippen LogP contribution in [0.15, 0.2) is 27.7 Å². The van der Waals surface area contributed by atoms with Crippen molar-refractivity contribution in [3.8, 4) is 0 Å². The molecule has 172 valence electrons. The Morgan fingerprint density at radius 3 is 2.75 bits per heavy atom. The Morgan fingerprint density at radius 1 is 1.41 bits per heavy atom. The molecule has 0 radical (unpaired) electrons. The number of nitrogens with two attached hydrogens (primary N) is 1. The molecule has 2 amide bonds. The van der Waals surface area contributed by atoms with E-state index >= 15 is 0 Å². The first-order chi connectivity index (χ1) is 15.0. The number of amides is 2. The second-order valence-corrected chi connectivity index (χ2v) is 7.62. The zero-order chi connectivity index (χ0) is 23.6. The summed E-state index contributed by atoms with van der Waals surface area (Å²) in [6.07, 6.45) is -5.54. The molecule has 4 N–H and O–H groups in total. The SMILES string of the molecule is CNC(=O)c1c(N)oc(Cl)c1CC(=O)Nc1nc(C2=CC=C(OC(F)(F)F)C(F)C2)cs1. The number of hydrogen-bond acceptors (Lipinski definition) is 7. The molecule has 2 aromatic heterocycles. The summed E-state index contributed by atoms with van der Waals surface area (Å²) >= 11 is 6.94. The number of alkyl halides is 4. The summed E-state index contributed by atoms with van der Waals surface area (Å²) in [6.45, 7) is 0. The van der Waals surface area contributed by atoms with Gasteiger partial charge in [-0.15, -0.1) is 24.5 Å². The minimum Gasteiger partial charge on any atom is -0.428 e. The van der Waals surface area contributed by atoms with Crippen LogP contribution < -0.4 is 16.4 Å². The van der Waals surface area contributed by atoms with Gasteiger partial charge in [0.15, 0.2) is 16.5 Å². The number of aromatic nitrogens is 1. The second-order valence-electron chi connectivity index (χ2n) is 6.42. The molecule has 0 spiro atoms. The molecule has 0 aromatic carbocycles. The van der Waals surface area contributed by atoms with Crippen molar-refractivity contribution in [3.63, 3.8) is 0 Å². The third kappa shape index (κ3) is 5.40. The molecule has 0 aliphatic heterocycles. The standard InChI is InChI=1S/C18H15ClF4N4O4S/c1-25-16(29)13-8(14(19)30-15(13)24)5-12(28)27-17-26-10(6-32-17)7-2-3-11(9(20)4-7)31-18(21,22)23/h2-3,6,9H,4-5,24H2,1H3,(H,25,29)(H,26,27,28). The second kappa shape index (κ2) is 9.20. The van der Waals surface area contributed by atoms with Crippen LogP contribution in [0.3, 0.4) is 0 Å². The fourth-order valence-corrected chi connectivity index (χ4v) is 3.86. The number of hydrogen-bond donors (Lipinski definition) is 3. The molecule has 3 rings (SSSR count). The van der Waals surface area contributed by atoms with E-state index in [2.05, 4.69) is 20.4 Å². The molecule has 2 aromatic rings. The first kappa shape index (κ1) is 23.6. The lowest BCUT2D eigenvalue weighted by molar-refractivity contribution is -0.309. The summed E-state index contributed by atoms with van der Waals surface area (Å²) in [5.41, 5.74) is 6.27. The Bertz CT molecular complexity index is 1110. The summed E-state index contributed by atoms with van der Waals surface area (Å²) in [5, 5.41) is 6.33. The van der Waals surface area contributed by atoms with Crippen molar-refractivity contribution in [1.82, 2.24) is 10.3 Å². The Hall–Kier alpha value is -3.06. The molecule has 0 saturated heterocycles. The normalized spacial score (nSPS) is 16.2. The Labute approximate surface area is 187 Å². The molecule has 1 aliphatic carbocycles. The number of carbonyl (C=O) groups excluding carboxylic acids is 2. The van der Waals surface area contributed by atoms with E-state index in [1.807, 2.05) is 0 Å². The van der Waals surface area contributed by atoms with Gasteiger partial charge in [-0.1, -0.05) is 6.08 Å². The van der Waals surface area contributed by atoms with Crippen LogP contribution in [0.1, 0.15) is 28.0 Å². The van der Waals surface area contributed by atoms with Crippen LogP contribution in [0.2, 0.25) is 5.22 Å². The molecule has 0 saturated carbocycles. The van der Waals surface area contributed by atoms with Crippen molar-refractivity contribution >= 4 is 51.3 Å². The van der Waals surface area contributed by atoms with E-state index in [1.165, 1.54) is 18.5 Å². The van der Waals surface area contributed by atoms with Crippen molar-refractivity contribution in [1.29, 1.82) is 0 Å². The van der Waals surface area contributed by atoms with E-state index in [9.17, 15) is 27.2 Å². The van der Waals surface area contributed by atoms with Gasteiger partial charge in [0.2, 0.25) is 11.8 Å². The van der Waals surface area contributed by atoms with Gasteiger partial charge in [0, 0.05) is 24.4 Å². The maximum atomic E-state index is 14.1. The molecule has 1 atom stereocenters. The van der Waals surface area contributed by atoms with Crippen molar-refractivity contribution in [3.05, 3.63) is 45.3 Å². The minimum atomic E-state index is -4.99. The number of anilines is 2. The maximum absolute atomic E-state index is 14.1. The molecule has 1 unspecified atom stereocenters. The van der Waals surface area contributed by atoms with Gasteiger partial charge < -0.3 is 25.5 Å². The molecule has 8 nitrogen and oxygen atoms in total. The molecule has 32 heavy (non-hydrogen) atoms. The number of nitrogen functional groups attached to an aromatic ring is 1. The van der Waals surface area contributed by atoms with Gasteiger partial charge in [0.25, 0.3) is 5.91 Å². The van der Waals surface area contributed by atoms with Gasteiger partial charge >= 0.3 is 6.36 Å². The van der Waals surface area contributed by atoms with Crippen LogP contribution >= 0.6 is 22.9 Å². The van der Waals surface area contributed by atoms with Gasteiger partial charge in [-0.25, -0.2) is 9.37 Å². The van der Waals surface area contributed by atoms with Crippen LogP contribution in [0.4, 0.5) is 28.6 Å². The largest absolute Gasteiger partial charge is 0.572 e. The van der Waals surface area contributed by atoms with Gasteiger partial charge in [-0.2, -0.15) is 0 Å². The Balaban J connectivity index is 1.70. The predicted octanol–water partition coefficient (Wildman–Crippen LogP) is 4.06. The van der Waals surface area contributed by atoms with E-state index in [4.69, 9.17) is 21.8 Å². The molecule has 0 bridgehead atoms. The van der Waals surface area contributed by atoms with Crippen molar-refractivity contribution in [2.24, 2.45) is 0 Å². The Kier molecular flexibility index (Phi) is 6.79. The quantitative estimate of drug-likeness (QED) is 0.521. The summed E-state index contributed by atoms with van der Waals surface area (Å²) in [5.74, 6) is -2.24. The van der Waals surface area contributed by atoms with Crippen LogP contribution in [0.25, 0.3) is 5.57 Å². The summed E-state index contributed by atoms with van der Waals surface area (Å²) in [6, 6.07) is 0. The third-order valence-electron chi connectivity index (χ3n) is 4.25. The number of allylic oxidation sites excluding steroid dienone is 4. The minimum absolute atomic E-state index is 0.0579. The highest BCUT2D eigenvalue weighted by molar-refractivity contribution is 7.14. The molecular formula is C18H15ClF4N4O4S. The number of furan rings is 1. The zero-order valence-electron chi connectivity index (χ0n) is 16.2. The van der Waals surface area contributed by atoms with Gasteiger partial charge in [0.1, 0.15) is 11.3 Å². The smallest absolute Gasteiger partial charge is 0.428 e. The van der Waals surface area contributed by atoms with E-state index < -0.39 is 30.1 Å².